The molecule has 1 aliphatic rings. The maximum absolute atomic E-state index is 11.4. The molecule has 1 aromatic heterocycles. The van der Waals surface area contributed by atoms with E-state index in [0.717, 1.165) is 70.1 Å². The van der Waals surface area contributed by atoms with Crippen LogP contribution in [0, 0.1) is 5.92 Å². The van der Waals surface area contributed by atoms with Gasteiger partial charge in [-0.25, -0.2) is 4.68 Å². The van der Waals surface area contributed by atoms with Crippen LogP contribution in [0.2, 0.25) is 0 Å². The molecule has 0 saturated carbocycles. The summed E-state index contributed by atoms with van der Waals surface area (Å²) in [7, 11) is 1.79. The Morgan fingerprint density at radius 2 is 2.07 bits per heavy atom. The zero-order valence-electron chi connectivity index (χ0n) is 17.8. The number of amides is 1. The fraction of sp³-hybridized carbons (Fsp3) is 0.500. The van der Waals surface area contributed by atoms with Crippen molar-refractivity contribution in [2.75, 3.05) is 39.8 Å². The number of aliphatic imine (C=N–C) groups is 1. The number of nitrogens with two attached hydrogens (primary N) is 1. The van der Waals surface area contributed by atoms with E-state index in [0.29, 0.717) is 0 Å². The minimum Gasteiger partial charge on any atom is -0.369 e. The first-order valence-electron chi connectivity index (χ1n) is 10.7. The summed E-state index contributed by atoms with van der Waals surface area (Å²) >= 11 is 0. The molecule has 8 heteroatoms. The van der Waals surface area contributed by atoms with Gasteiger partial charge in [-0.3, -0.25) is 9.79 Å². The zero-order valence-corrected chi connectivity index (χ0v) is 17.8. The van der Waals surface area contributed by atoms with Crippen molar-refractivity contribution in [2.45, 2.75) is 25.7 Å². The van der Waals surface area contributed by atoms with Crippen molar-refractivity contribution in [2.24, 2.45) is 16.6 Å². The van der Waals surface area contributed by atoms with Crippen LogP contribution >= 0.6 is 0 Å². The second-order valence-corrected chi connectivity index (χ2v) is 7.69. The van der Waals surface area contributed by atoms with E-state index in [-0.39, 0.29) is 11.8 Å². The third-order valence-electron chi connectivity index (χ3n) is 5.49. The Kier molecular flexibility index (Phi) is 8.26. The van der Waals surface area contributed by atoms with Gasteiger partial charge in [-0.2, -0.15) is 5.10 Å². The number of hydrogen-bond acceptors (Lipinski definition) is 4. The lowest BCUT2D eigenvalue weighted by molar-refractivity contribution is -0.123. The predicted molar refractivity (Wildman–Crippen MR) is 120 cm³/mol. The Balaban J connectivity index is 1.31. The van der Waals surface area contributed by atoms with E-state index in [1.807, 2.05) is 16.9 Å². The van der Waals surface area contributed by atoms with Gasteiger partial charge in [0, 0.05) is 39.1 Å². The largest absolute Gasteiger partial charge is 0.369 e. The van der Waals surface area contributed by atoms with E-state index in [1.165, 1.54) is 5.56 Å². The van der Waals surface area contributed by atoms with Crippen molar-refractivity contribution in [1.82, 2.24) is 25.3 Å². The summed E-state index contributed by atoms with van der Waals surface area (Å²) in [6, 6.07) is 10.3. The molecule has 162 valence electrons. The van der Waals surface area contributed by atoms with Crippen molar-refractivity contribution in [3.63, 3.8) is 0 Å². The molecule has 3 rings (SSSR count). The molecule has 30 heavy (non-hydrogen) atoms. The lowest BCUT2D eigenvalue weighted by atomic mass is 9.97. The average Bonchev–Trinajstić information content (AvgIpc) is 3.31. The highest BCUT2D eigenvalue weighted by atomic mass is 16.1. The molecule has 1 unspecified atom stereocenters. The molecule has 0 bridgehead atoms. The second kappa shape index (κ2) is 11.3. The number of primary amides is 1. The molecule has 1 aromatic carbocycles. The number of carbonyl (C=O) groups is 1. The molecular formula is C22H33N7O. The van der Waals surface area contributed by atoms with Gasteiger partial charge in [0.2, 0.25) is 5.91 Å². The second-order valence-electron chi connectivity index (χ2n) is 7.69. The first-order valence-corrected chi connectivity index (χ1v) is 10.7. The van der Waals surface area contributed by atoms with Crippen molar-refractivity contribution in [1.29, 1.82) is 0 Å². The molecule has 1 atom stereocenters. The summed E-state index contributed by atoms with van der Waals surface area (Å²) in [6.07, 6.45) is 7.61. The number of benzene rings is 1. The fourth-order valence-electron chi connectivity index (χ4n) is 3.78. The lowest BCUT2D eigenvalue weighted by Crippen LogP contribution is -2.43. The van der Waals surface area contributed by atoms with Gasteiger partial charge in [-0.05, 0) is 62.5 Å². The predicted octanol–water partition coefficient (Wildman–Crippen LogP) is 1.17. The maximum Gasteiger partial charge on any atom is 0.221 e. The molecule has 1 aliphatic heterocycles. The molecular weight excluding hydrogens is 378 g/mol. The van der Waals surface area contributed by atoms with E-state index in [2.05, 4.69) is 49.9 Å². The van der Waals surface area contributed by atoms with Crippen LogP contribution in [0.15, 0.2) is 47.7 Å². The molecule has 1 fully saturated rings. The van der Waals surface area contributed by atoms with Crippen LogP contribution in [0.4, 0.5) is 0 Å². The number of aromatic nitrogens is 2. The van der Waals surface area contributed by atoms with Crippen LogP contribution in [0.1, 0.15) is 24.8 Å². The molecule has 0 radical (unpaired) electrons. The molecule has 4 N–H and O–H groups in total. The van der Waals surface area contributed by atoms with Gasteiger partial charge in [-0.15, -0.1) is 0 Å². The molecule has 1 amide bonds. The highest BCUT2D eigenvalue weighted by molar-refractivity contribution is 5.79. The minimum absolute atomic E-state index is 0.00903. The average molecular weight is 412 g/mol. The molecule has 2 heterocycles. The van der Waals surface area contributed by atoms with Crippen molar-refractivity contribution >= 4 is 11.9 Å². The van der Waals surface area contributed by atoms with Crippen LogP contribution in [-0.2, 0) is 11.2 Å². The molecule has 0 aliphatic carbocycles. The number of carbonyl (C=O) groups excluding carboxylic acids is 1. The van der Waals surface area contributed by atoms with Gasteiger partial charge >= 0.3 is 0 Å². The number of guanidine groups is 1. The van der Waals surface area contributed by atoms with E-state index >= 15 is 0 Å². The monoisotopic (exact) mass is 411 g/mol. The smallest absolute Gasteiger partial charge is 0.221 e. The summed E-state index contributed by atoms with van der Waals surface area (Å²) in [5, 5.41) is 11.0. The molecule has 8 nitrogen and oxygen atoms in total. The number of nitrogens with zero attached hydrogens (tertiary/aromatic N) is 4. The summed E-state index contributed by atoms with van der Waals surface area (Å²) in [5.74, 6) is 0.657. The molecule has 2 aromatic rings. The first kappa shape index (κ1) is 21.8. The van der Waals surface area contributed by atoms with E-state index < -0.39 is 0 Å². The first-order chi connectivity index (χ1) is 14.7. The van der Waals surface area contributed by atoms with Crippen molar-refractivity contribution in [3.05, 3.63) is 48.3 Å². The van der Waals surface area contributed by atoms with Crippen LogP contribution < -0.4 is 16.4 Å². The van der Waals surface area contributed by atoms with Crippen molar-refractivity contribution < 1.29 is 4.79 Å². The minimum atomic E-state index is -0.168. The summed E-state index contributed by atoms with van der Waals surface area (Å²) < 4.78 is 1.85. The number of piperidine rings is 1. The van der Waals surface area contributed by atoms with Crippen LogP contribution in [0.25, 0.3) is 5.69 Å². The van der Waals surface area contributed by atoms with Gasteiger partial charge in [0.25, 0.3) is 0 Å². The summed E-state index contributed by atoms with van der Waals surface area (Å²) in [6.45, 7) is 4.47. The maximum atomic E-state index is 11.4. The van der Waals surface area contributed by atoms with Gasteiger partial charge in [0.15, 0.2) is 5.96 Å². The quantitative estimate of drug-likeness (QED) is 0.327. The highest BCUT2D eigenvalue weighted by Gasteiger charge is 2.23. The van der Waals surface area contributed by atoms with Gasteiger partial charge in [0.1, 0.15) is 0 Å². The zero-order chi connectivity index (χ0) is 21.2. The standard InChI is InChI=1S/C22H33N7O/c1-24-22(25-11-3-15-28-14-2-5-19(17-28)21(23)30)26-13-10-18-6-8-20(9-7-18)29-16-4-12-27-29/h4,6-9,12,16,19H,2-3,5,10-11,13-15,17H2,1H3,(H2,23,30)(H2,24,25,26). The highest BCUT2D eigenvalue weighted by Crippen LogP contribution is 2.15. The lowest BCUT2D eigenvalue weighted by Gasteiger charge is -2.31. The summed E-state index contributed by atoms with van der Waals surface area (Å²) in [4.78, 5) is 18.0. The fourth-order valence-corrected chi connectivity index (χ4v) is 3.78. The number of nitrogens with one attached hydrogen (secondary N) is 2. The number of rotatable bonds is 9. The summed E-state index contributed by atoms with van der Waals surface area (Å²) in [5.41, 5.74) is 7.78. The molecule has 0 spiro atoms. The number of hydrogen-bond donors (Lipinski definition) is 3. The molecule has 1 saturated heterocycles. The van der Waals surface area contributed by atoms with Gasteiger partial charge < -0.3 is 21.3 Å². The Morgan fingerprint density at radius 3 is 2.77 bits per heavy atom. The van der Waals surface area contributed by atoms with Gasteiger partial charge in [0.05, 0.1) is 11.6 Å². The SMILES string of the molecule is CN=C(NCCCN1CCCC(C(N)=O)C1)NCCc1ccc(-n2cccn2)cc1. The van der Waals surface area contributed by atoms with Crippen molar-refractivity contribution in [3.8, 4) is 5.69 Å². The van der Waals surface area contributed by atoms with Crippen LogP contribution in [-0.4, -0.2) is 66.3 Å². The Bertz CT molecular complexity index is 801. The van der Waals surface area contributed by atoms with Gasteiger partial charge in [-0.1, -0.05) is 12.1 Å². The topological polar surface area (TPSA) is 101 Å². The third-order valence-corrected chi connectivity index (χ3v) is 5.49. The number of likely N-dealkylation sites (tertiary alicyclic amines) is 1. The Morgan fingerprint density at radius 1 is 1.27 bits per heavy atom. The van der Waals surface area contributed by atoms with E-state index in [1.54, 1.807) is 13.2 Å². The third kappa shape index (κ3) is 6.59. The Labute approximate surface area is 178 Å². The normalized spacial score (nSPS) is 17.6. The van der Waals surface area contributed by atoms with Crippen LogP contribution in [0.5, 0.6) is 0 Å². The van der Waals surface area contributed by atoms with E-state index in [9.17, 15) is 4.79 Å². The van der Waals surface area contributed by atoms with E-state index in [4.69, 9.17) is 5.73 Å². The van der Waals surface area contributed by atoms with Crippen LogP contribution in [0.3, 0.4) is 0 Å². The Hall–Kier alpha value is -2.87.